The third kappa shape index (κ3) is 4.53. The lowest BCUT2D eigenvalue weighted by Crippen LogP contribution is -2.36. The van der Waals surface area contributed by atoms with Gasteiger partial charge < -0.3 is 14.6 Å². The Labute approximate surface area is 160 Å². The molecule has 3 rings (SSSR count). The van der Waals surface area contributed by atoms with Crippen LogP contribution in [-0.2, 0) is 11.3 Å². The molecule has 134 valence electrons. The van der Waals surface area contributed by atoms with E-state index in [-0.39, 0.29) is 12.5 Å². The molecule has 1 aromatic heterocycles. The van der Waals surface area contributed by atoms with Crippen molar-refractivity contribution in [3.8, 4) is 17.1 Å². The lowest BCUT2D eigenvalue weighted by molar-refractivity contribution is -0.127. The number of halogens is 2. The molecule has 2 aromatic carbocycles. The van der Waals surface area contributed by atoms with Crippen LogP contribution in [0.15, 0.2) is 53.1 Å². The van der Waals surface area contributed by atoms with Gasteiger partial charge >= 0.3 is 0 Å². The molecule has 6 nitrogen and oxygen atoms in total. The van der Waals surface area contributed by atoms with Crippen molar-refractivity contribution in [2.24, 2.45) is 0 Å². The molecular weight excluding hydrogens is 377 g/mol. The van der Waals surface area contributed by atoms with Crippen LogP contribution in [0.2, 0.25) is 10.0 Å². The summed E-state index contributed by atoms with van der Waals surface area (Å²) < 4.78 is 10.7. The first-order valence-electron chi connectivity index (χ1n) is 7.80. The van der Waals surface area contributed by atoms with Gasteiger partial charge in [-0.05, 0) is 25.1 Å². The largest absolute Gasteiger partial charge is 0.479 e. The van der Waals surface area contributed by atoms with E-state index in [9.17, 15) is 4.79 Å². The van der Waals surface area contributed by atoms with E-state index in [1.54, 1.807) is 25.1 Å². The molecule has 0 aliphatic heterocycles. The highest BCUT2D eigenvalue weighted by molar-refractivity contribution is 6.35. The van der Waals surface area contributed by atoms with E-state index in [4.69, 9.17) is 32.5 Å². The van der Waals surface area contributed by atoms with Crippen molar-refractivity contribution in [3.63, 3.8) is 0 Å². The molecule has 8 heteroatoms. The Hall–Kier alpha value is -2.57. The van der Waals surface area contributed by atoms with E-state index in [2.05, 4.69) is 15.5 Å². The third-order valence-electron chi connectivity index (χ3n) is 3.48. The average Bonchev–Trinajstić information content (AvgIpc) is 3.11. The Morgan fingerprint density at radius 1 is 1.23 bits per heavy atom. The van der Waals surface area contributed by atoms with Crippen molar-refractivity contribution in [2.45, 2.75) is 19.6 Å². The highest BCUT2D eigenvalue weighted by Gasteiger charge is 2.17. The van der Waals surface area contributed by atoms with E-state index in [0.29, 0.717) is 27.5 Å². The van der Waals surface area contributed by atoms with Crippen molar-refractivity contribution < 1.29 is 14.1 Å². The minimum absolute atomic E-state index is 0.0979. The van der Waals surface area contributed by atoms with Gasteiger partial charge in [0, 0.05) is 10.6 Å². The first kappa shape index (κ1) is 18.2. The zero-order valence-corrected chi connectivity index (χ0v) is 15.3. The minimum Gasteiger partial charge on any atom is -0.479 e. The van der Waals surface area contributed by atoms with Gasteiger partial charge in [-0.2, -0.15) is 4.98 Å². The standard InChI is InChI=1S/C18H15Cl2N3O3/c1-11(25-15-8-7-13(19)9-14(15)20)18(24)21-10-16-22-17(23-26-16)12-5-3-2-4-6-12/h2-9,11H,10H2,1H3,(H,21,24)/t11-/m1/s1. The van der Waals surface area contributed by atoms with Crippen LogP contribution in [0.5, 0.6) is 5.75 Å². The number of carbonyl (C=O) groups is 1. The summed E-state index contributed by atoms with van der Waals surface area (Å²) in [5.74, 6) is 0.805. The van der Waals surface area contributed by atoms with Gasteiger partial charge in [0.2, 0.25) is 11.7 Å². The Morgan fingerprint density at radius 2 is 2.00 bits per heavy atom. The molecule has 0 spiro atoms. The molecule has 0 unspecified atom stereocenters. The molecule has 0 fully saturated rings. The zero-order valence-electron chi connectivity index (χ0n) is 13.8. The van der Waals surface area contributed by atoms with Gasteiger partial charge in [0.25, 0.3) is 5.91 Å². The zero-order chi connectivity index (χ0) is 18.5. The van der Waals surface area contributed by atoms with Crippen LogP contribution in [0.4, 0.5) is 0 Å². The average molecular weight is 392 g/mol. The summed E-state index contributed by atoms with van der Waals surface area (Å²) in [7, 11) is 0. The number of aromatic nitrogens is 2. The van der Waals surface area contributed by atoms with E-state index < -0.39 is 6.10 Å². The first-order chi connectivity index (χ1) is 12.5. The molecule has 1 heterocycles. The van der Waals surface area contributed by atoms with Crippen molar-refractivity contribution in [3.05, 3.63) is 64.5 Å². The summed E-state index contributed by atoms with van der Waals surface area (Å²) in [4.78, 5) is 16.4. The topological polar surface area (TPSA) is 77.2 Å². The van der Waals surface area contributed by atoms with Crippen LogP contribution in [0.1, 0.15) is 12.8 Å². The first-order valence-corrected chi connectivity index (χ1v) is 8.56. The summed E-state index contributed by atoms with van der Waals surface area (Å²) in [5.41, 5.74) is 0.836. The van der Waals surface area contributed by atoms with Crippen LogP contribution in [0, 0.1) is 0 Å². The fourth-order valence-electron chi connectivity index (χ4n) is 2.15. The van der Waals surface area contributed by atoms with Crippen molar-refractivity contribution in [2.75, 3.05) is 0 Å². The highest BCUT2D eigenvalue weighted by Crippen LogP contribution is 2.28. The summed E-state index contributed by atoms with van der Waals surface area (Å²) in [5, 5.41) is 7.41. The monoisotopic (exact) mass is 391 g/mol. The number of ether oxygens (including phenoxy) is 1. The van der Waals surface area contributed by atoms with Crippen LogP contribution < -0.4 is 10.1 Å². The van der Waals surface area contributed by atoms with E-state index >= 15 is 0 Å². The molecule has 0 saturated heterocycles. The molecule has 0 saturated carbocycles. The number of rotatable bonds is 6. The number of amides is 1. The maximum atomic E-state index is 12.2. The molecule has 0 aliphatic carbocycles. The van der Waals surface area contributed by atoms with Crippen molar-refractivity contribution in [1.29, 1.82) is 0 Å². The predicted molar refractivity (Wildman–Crippen MR) is 98.1 cm³/mol. The van der Waals surface area contributed by atoms with Gasteiger partial charge in [-0.25, -0.2) is 0 Å². The molecule has 1 amide bonds. The van der Waals surface area contributed by atoms with Crippen LogP contribution >= 0.6 is 23.2 Å². The number of nitrogens with zero attached hydrogens (tertiary/aromatic N) is 2. The van der Waals surface area contributed by atoms with Crippen LogP contribution in [-0.4, -0.2) is 22.2 Å². The molecule has 1 atom stereocenters. The summed E-state index contributed by atoms with van der Waals surface area (Å²) in [6, 6.07) is 14.2. The number of nitrogens with one attached hydrogen (secondary N) is 1. The normalized spacial score (nSPS) is 11.8. The quantitative estimate of drug-likeness (QED) is 0.683. The van der Waals surface area contributed by atoms with Crippen molar-refractivity contribution in [1.82, 2.24) is 15.5 Å². The van der Waals surface area contributed by atoms with E-state index in [0.717, 1.165) is 5.56 Å². The van der Waals surface area contributed by atoms with Gasteiger partial charge in [0.05, 0.1) is 11.6 Å². The Balaban J connectivity index is 1.56. The van der Waals surface area contributed by atoms with E-state index in [1.807, 2.05) is 30.3 Å². The van der Waals surface area contributed by atoms with Gasteiger partial charge in [0.1, 0.15) is 5.75 Å². The lowest BCUT2D eigenvalue weighted by atomic mass is 10.2. The molecule has 1 N–H and O–H groups in total. The summed E-state index contributed by atoms with van der Waals surface area (Å²) in [6.45, 7) is 1.71. The number of hydrogen-bond donors (Lipinski definition) is 1. The van der Waals surface area contributed by atoms with Gasteiger partial charge in [0.15, 0.2) is 6.10 Å². The fourth-order valence-corrected chi connectivity index (χ4v) is 2.61. The third-order valence-corrected chi connectivity index (χ3v) is 4.01. The maximum absolute atomic E-state index is 12.2. The SMILES string of the molecule is C[C@@H](Oc1ccc(Cl)cc1Cl)C(=O)NCc1nc(-c2ccccc2)no1. The Kier molecular flexibility index (Phi) is 5.75. The summed E-state index contributed by atoms with van der Waals surface area (Å²) >= 11 is 11.9. The summed E-state index contributed by atoms with van der Waals surface area (Å²) in [6.07, 6.45) is -0.759. The Morgan fingerprint density at radius 3 is 2.73 bits per heavy atom. The second-order valence-corrected chi connectivity index (χ2v) is 6.27. The van der Waals surface area contributed by atoms with Gasteiger partial charge in [-0.3, -0.25) is 4.79 Å². The second kappa shape index (κ2) is 8.21. The number of benzene rings is 2. The Bertz CT molecular complexity index is 900. The fraction of sp³-hybridized carbons (Fsp3) is 0.167. The molecule has 0 radical (unpaired) electrons. The van der Waals surface area contributed by atoms with Crippen LogP contribution in [0.25, 0.3) is 11.4 Å². The maximum Gasteiger partial charge on any atom is 0.261 e. The van der Waals surface area contributed by atoms with Gasteiger partial charge in [-0.15, -0.1) is 0 Å². The van der Waals surface area contributed by atoms with Gasteiger partial charge in [-0.1, -0.05) is 58.7 Å². The predicted octanol–water partition coefficient (Wildman–Crippen LogP) is 4.13. The smallest absolute Gasteiger partial charge is 0.261 e. The molecule has 3 aromatic rings. The lowest BCUT2D eigenvalue weighted by Gasteiger charge is -2.15. The van der Waals surface area contributed by atoms with E-state index in [1.165, 1.54) is 0 Å². The van der Waals surface area contributed by atoms with Crippen LogP contribution in [0.3, 0.4) is 0 Å². The molecule has 0 aliphatic rings. The molecule has 26 heavy (non-hydrogen) atoms. The highest BCUT2D eigenvalue weighted by atomic mass is 35.5. The molecular formula is C18H15Cl2N3O3. The van der Waals surface area contributed by atoms with Crippen molar-refractivity contribution >= 4 is 29.1 Å². The number of carbonyl (C=O) groups excluding carboxylic acids is 1. The second-order valence-electron chi connectivity index (χ2n) is 5.43. The molecule has 0 bridgehead atoms. The minimum atomic E-state index is -0.759. The number of hydrogen-bond acceptors (Lipinski definition) is 5.